The fourth-order valence-electron chi connectivity index (χ4n) is 2.23. The van der Waals surface area contributed by atoms with E-state index in [9.17, 15) is 13.9 Å². The van der Waals surface area contributed by atoms with E-state index in [1.807, 2.05) is 0 Å². The SMILES string of the molecule is OCCN(CCNC(=S)Nc1ccccc1F)C(=S)Nc1ccccc1F. The molecular weight excluding hydrogens is 390 g/mol. The van der Waals surface area contributed by atoms with Crippen LogP contribution in [-0.4, -0.2) is 46.5 Å². The highest BCUT2D eigenvalue weighted by molar-refractivity contribution is 7.80. The predicted molar refractivity (Wildman–Crippen MR) is 112 cm³/mol. The van der Waals surface area contributed by atoms with E-state index in [4.69, 9.17) is 24.4 Å². The first kappa shape index (κ1) is 20.9. The third-order valence-corrected chi connectivity index (χ3v) is 4.17. The Balaban J connectivity index is 1.85. The zero-order valence-electron chi connectivity index (χ0n) is 14.4. The van der Waals surface area contributed by atoms with E-state index in [1.165, 1.54) is 12.1 Å². The largest absolute Gasteiger partial charge is 0.395 e. The number of aliphatic hydroxyl groups is 1. The van der Waals surface area contributed by atoms with Gasteiger partial charge in [-0.3, -0.25) is 0 Å². The molecule has 0 saturated heterocycles. The minimum atomic E-state index is -0.419. The van der Waals surface area contributed by atoms with Crippen molar-refractivity contribution in [1.82, 2.24) is 10.2 Å². The number of halogens is 2. The quantitative estimate of drug-likeness (QED) is 0.524. The fraction of sp³-hybridized carbons (Fsp3) is 0.222. The number of thiocarbonyl (C=S) groups is 2. The molecular formula is C18H20F2N4OS2. The normalized spacial score (nSPS) is 10.2. The average Bonchev–Trinajstić information content (AvgIpc) is 2.65. The van der Waals surface area contributed by atoms with Gasteiger partial charge in [-0.25, -0.2) is 8.78 Å². The number of benzene rings is 2. The van der Waals surface area contributed by atoms with Crippen molar-refractivity contribution in [3.63, 3.8) is 0 Å². The Morgan fingerprint density at radius 2 is 1.44 bits per heavy atom. The summed E-state index contributed by atoms with van der Waals surface area (Å²) in [6.07, 6.45) is 0. The Bertz CT molecular complexity index is 791. The third kappa shape index (κ3) is 6.70. The molecule has 9 heteroatoms. The van der Waals surface area contributed by atoms with Crippen molar-refractivity contribution in [2.24, 2.45) is 0 Å². The number of para-hydroxylation sites is 2. The van der Waals surface area contributed by atoms with Crippen molar-refractivity contribution in [3.8, 4) is 0 Å². The number of hydrogen-bond acceptors (Lipinski definition) is 3. The molecule has 0 aliphatic heterocycles. The van der Waals surface area contributed by atoms with Crippen LogP contribution >= 0.6 is 24.4 Å². The summed E-state index contributed by atoms with van der Waals surface area (Å²) in [6.45, 7) is 0.950. The van der Waals surface area contributed by atoms with Gasteiger partial charge in [-0.05, 0) is 48.7 Å². The van der Waals surface area contributed by atoms with Crippen LogP contribution < -0.4 is 16.0 Å². The topological polar surface area (TPSA) is 59.6 Å². The summed E-state index contributed by atoms with van der Waals surface area (Å²) in [6, 6.07) is 12.4. The maximum atomic E-state index is 13.7. The molecule has 0 aromatic heterocycles. The lowest BCUT2D eigenvalue weighted by Gasteiger charge is -2.25. The van der Waals surface area contributed by atoms with Crippen LogP contribution in [0.4, 0.5) is 20.2 Å². The first-order valence-electron chi connectivity index (χ1n) is 8.22. The zero-order valence-corrected chi connectivity index (χ0v) is 16.0. The second kappa shape index (κ2) is 10.7. The highest BCUT2D eigenvalue weighted by atomic mass is 32.1. The summed E-state index contributed by atoms with van der Waals surface area (Å²) in [7, 11) is 0. The predicted octanol–water partition coefficient (Wildman–Crippen LogP) is 2.94. The fourth-order valence-corrected chi connectivity index (χ4v) is 2.73. The smallest absolute Gasteiger partial charge is 0.173 e. The molecule has 0 aliphatic carbocycles. The van der Waals surface area contributed by atoms with Crippen molar-refractivity contribution < 1.29 is 13.9 Å². The Labute approximate surface area is 167 Å². The number of anilines is 2. The lowest BCUT2D eigenvalue weighted by atomic mass is 10.3. The van der Waals surface area contributed by atoms with Crippen LogP contribution in [-0.2, 0) is 0 Å². The molecule has 0 fully saturated rings. The van der Waals surface area contributed by atoms with Crippen LogP contribution in [0.15, 0.2) is 48.5 Å². The molecule has 0 unspecified atom stereocenters. The summed E-state index contributed by atoms with van der Waals surface area (Å²) in [5.74, 6) is -0.823. The van der Waals surface area contributed by atoms with E-state index in [2.05, 4.69) is 16.0 Å². The summed E-state index contributed by atoms with van der Waals surface area (Å²) in [5.41, 5.74) is 0.536. The molecule has 0 spiro atoms. The second-order valence-corrected chi connectivity index (χ2v) is 6.28. The van der Waals surface area contributed by atoms with Crippen LogP contribution in [0.25, 0.3) is 0 Å². The van der Waals surface area contributed by atoms with Crippen LogP contribution in [0.1, 0.15) is 0 Å². The maximum absolute atomic E-state index is 13.7. The first-order valence-corrected chi connectivity index (χ1v) is 9.03. The van der Waals surface area contributed by atoms with Crippen LogP contribution in [0.3, 0.4) is 0 Å². The van der Waals surface area contributed by atoms with E-state index >= 15 is 0 Å². The van der Waals surface area contributed by atoms with Gasteiger partial charge in [0.05, 0.1) is 18.0 Å². The molecule has 5 nitrogen and oxygen atoms in total. The summed E-state index contributed by atoms with van der Waals surface area (Å²) in [5, 5.41) is 18.3. The molecule has 0 saturated carbocycles. The van der Waals surface area contributed by atoms with Gasteiger partial charge in [0, 0.05) is 19.6 Å². The van der Waals surface area contributed by atoms with Crippen LogP contribution in [0.2, 0.25) is 0 Å². The Morgan fingerprint density at radius 3 is 2.00 bits per heavy atom. The highest BCUT2D eigenvalue weighted by Crippen LogP contribution is 2.13. The minimum absolute atomic E-state index is 0.114. The second-order valence-electron chi connectivity index (χ2n) is 5.48. The first-order chi connectivity index (χ1) is 13.0. The molecule has 2 rings (SSSR count). The molecule has 0 atom stereocenters. The Hall–Kier alpha value is -2.36. The van der Waals surface area contributed by atoms with Gasteiger partial charge in [-0.15, -0.1) is 0 Å². The number of hydrogen-bond donors (Lipinski definition) is 4. The molecule has 27 heavy (non-hydrogen) atoms. The summed E-state index contributed by atoms with van der Waals surface area (Å²) < 4.78 is 27.3. The van der Waals surface area contributed by atoms with Crippen LogP contribution in [0.5, 0.6) is 0 Å². The van der Waals surface area contributed by atoms with Gasteiger partial charge in [0.15, 0.2) is 10.2 Å². The Morgan fingerprint density at radius 1 is 0.889 bits per heavy atom. The molecule has 4 N–H and O–H groups in total. The van der Waals surface area contributed by atoms with Crippen molar-refractivity contribution in [2.75, 3.05) is 36.9 Å². The van der Waals surface area contributed by atoms with Gasteiger partial charge < -0.3 is 26.0 Å². The molecule has 0 aliphatic rings. The van der Waals surface area contributed by atoms with Crippen molar-refractivity contribution in [1.29, 1.82) is 0 Å². The van der Waals surface area contributed by atoms with E-state index in [1.54, 1.807) is 41.3 Å². The Kier molecular flexibility index (Phi) is 8.31. The molecule has 2 aromatic rings. The number of aliphatic hydroxyl groups excluding tert-OH is 1. The molecule has 0 radical (unpaired) electrons. The van der Waals surface area contributed by atoms with E-state index in [0.29, 0.717) is 13.1 Å². The standard InChI is InChI=1S/C18H20F2N4OS2/c19-13-5-1-3-7-15(13)22-17(26)21-9-10-24(11-12-25)18(27)23-16-8-4-2-6-14(16)20/h1-8,25H,9-12H2,(H,23,27)(H2,21,22,26). The molecule has 0 bridgehead atoms. The summed E-state index contributed by atoms with van der Waals surface area (Å²) in [4.78, 5) is 1.68. The van der Waals surface area contributed by atoms with Crippen molar-refractivity contribution >= 4 is 46.0 Å². The van der Waals surface area contributed by atoms with Crippen LogP contribution in [0, 0.1) is 11.6 Å². The minimum Gasteiger partial charge on any atom is -0.395 e. The number of nitrogens with one attached hydrogen (secondary N) is 3. The lowest BCUT2D eigenvalue weighted by Crippen LogP contribution is -2.43. The van der Waals surface area contributed by atoms with Gasteiger partial charge in [0.2, 0.25) is 0 Å². The summed E-state index contributed by atoms with van der Waals surface area (Å²) >= 11 is 10.4. The van der Waals surface area contributed by atoms with E-state index < -0.39 is 11.6 Å². The lowest BCUT2D eigenvalue weighted by molar-refractivity contribution is 0.252. The molecule has 0 heterocycles. The van der Waals surface area contributed by atoms with E-state index in [0.717, 1.165) is 0 Å². The highest BCUT2D eigenvalue weighted by Gasteiger charge is 2.11. The average molecular weight is 411 g/mol. The van der Waals surface area contributed by atoms with Crippen molar-refractivity contribution in [3.05, 3.63) is 60.2 Å². The van der Waals surface area contributed by atoms with Gasteiger partial charge >= 0.3 is 0 Å². The molecule has 2 aromatic carbocycles. The van der Waals surface area contributed by atoms with Gasteiger partial charge in [-0.2, -0.15) is 0 Å². The number of rotatable bonds is 7. The van der Waals surface area contributed by atoms with Gasteiger partial charge in [0.25, 0.3) is 0 Å². The van der Waals surface area contributed by atoms with Gasteiger partial charge in [-0.1, -0.05) is 24.3 Å². The third-order valence-electron chi connectivity index (χ3n) is 3.56. The van der Waals surface area contributed by atoms with Crippen molar-refractivity contribution in [2.45, 2.75) is 0 Å². The van der Waals surface area contributed by atoms with Gasteiger partial charge in [0.1, 0.15) is 11.6 Å². The number of nitrogens with zero attached hydrogens (tertiary/aromatic N) is 1. The monoisotopic (exact) mass is 410 g/mol. The zero-order chi connectivity index (χ0) is 19.6. The molecule has 144 valence electrons. The maximum Gasteiger partial charge on any atom is 0.173 e. The van der Waals surface area contributed by atoms with E-state index in [-0.39, 0.29) is 34.8 Å². The molecule has 0 amide bonds.